The van der Waals surface area contributed by atoms with Crippen LogP contribution in [0, 0.1) is 5.41 Å². The van der Waals surface area contributed by atoms with E-state index in [9.17, 15) is 5.11 Å². The standard InChI is InChI=1S/C17H20N4O/c18-16(21-15-8-4-5-9-19-15)20-11-17(12-22)10-14(17)13-6-2-1-3-7-13/h1-9,14,22H,10-12H2,(H3,18,19,20,21). The third-order valence-electron chi connectivity index (χ3n) is 4.19. The molecule has 1 fully saturated rings. The van der Waals surface area contributed by atoms with Crippen molar-refractivity contribution in [2.45, 2.75) is 12.3 Å². The number of benzene rings is 1. The zero-order chi connectivity index (χ0) is 15.4. The van der Waals surface area contributed by atoms with E-state index in [1.165, 1.54) is 5.56 Å². The second-order valence-electron chi connectivity index (χ2n) is 5.73. The SMILES string of the molecule is NC(=NCC1(CO)CC1c1ccccc1)Nc1ccccn1. The molecule has 5 heteroatoms. The van der Waals surface area contributed by atoms with Gasteiger partial charge in [-0.3, -0.25) is 4.99 Å². The molecule has 2 unspecified atom stereocenters. The highest BCUT2D eigenvalue weighted by Crippen LogP contribution is 2.59. The van der Waals surface area contributed by atoms with Crippen LogP contribution in [0.3, 0.4) is 0 Å². The second-order valence-corrected chi connectivity index (χ2v) is 5.73. The van der Waals surface area contributed by atoms with Crippen LogP contribution in [0.4, 0.5) is 5.82 Å². The Labute approximate surface area is 129 Å². The minimum Gasteiger partial charge on any atom is -0.396 e. The Morgan fingerprint density at radius 2 is 2.05 bits per heavy atom. The molecule has 1 saturated carbocycles. The summed E-state index contributed by atoms with van der Waals surface area (Å²) in [7, 11) is 0. The Balaban J connectivity index is 1.63. The quantitative estimate of drug-likeness (QED) is 0.582. The Hall–Kier alpha value is -2.40. The lowest BCUT2D eigenvalue weighted by Gasteiger charge is -2.12. The van der Waals surface area contributed by atoms with Gasteiger partial charge in [-0.25, -0.2) is 4.98 Å². The summed E-state index contributed by atoms with van der Waals surface area (Å²) in [5.41, 5.74) is 6.97. The maximum Gasteiger partial charge on any atom is 0.194 e. The average Bonchev–Trinajstić information content (AvgIpc) is 3.30. The molecule has 4 N–H and O–H groups in total. The predicted molar refractivity (Wildman–Crippen MR) is 87.7 cm³/mol. The lowest BCUT2D eigenvalue weighted by Crippen LogP contribution is -2.25. The van der Waals surface area contributed by atoms with E-state index < -0.39 is 0 Å². The number of anilines is 1. The Morgan fingerprint density at radius 1 is 1.27 bits per heavy atom. The first-order valence-electron chi connectivity index (χ1n) is 7.37. The summed E-state index contributed by atoms with van der Waals surface area (Å²) in [5, 5.41) is 12.7. The average molecular weight is 296 g/mol. The summed E-state index contributed by atoms with van der Waals surface area (Å²) < 4.78 is 0. The van der Waals surface area contributed by atoms with Crippen molar-refractivity contribution >= 4 is 11.8 Å². The molecule has 5 nitrogen and oxygen atoms in total. The number of pyridine rings is 1. The third-order valence-corrected chi connectivity index (χ3v) is 4.19. The van der Waals surface area contributed by atoms with Gasteiger partial charge in [0.2, 0.25) is 0 Å². The van der Waals surface area contributed by atoms with Crippen molar-refractivity contribution in [2.75, 3.05) is 18.5 Å². The van der Waals surface area contributed by atoms with Crippen molar-refractivity contribution in [3.05, 3.63) is 60.3 Å². The molecule has 1 aromatic heterocycles. The first kappa shape index (κ1) is 14.5. The van der Waals surface area contributed by atoms with Crippen molar-refractivity contribution in [3.8, 4) is 0 Å². The van der Waals surface area contributed by atoms with Crippen molar-refractivity contribution in [1.82, 2.24) is 4.98 Å². The molecule has 0 bridgehead atoms. The van der Waals surface area contributed by atoms with Crippen LogP contribution in [-0.4, -0.2) is 29.2 Å². The van der Waals surface area contributed by atoms with E-state index in [-0.39, 0.29) is 12.0 Å². The smallest absolute Gasteiger partial charge is 0.194 e. The molecule has 0 amide bonds. The zero-order valence-corrected chi connectivity index (χ0v) is 12.3. The fraction of sp³-hybridized carbons (Fsp3) is 0.294. The molecule has 114 valence electrons. The number of nitrogens with two attached hydrogens (primary N) is 1. The lowest BCUT2D eigenvalue weighted by atomic mass is 10.00. The molecule has 1 heterocycles. The number of aliphatic hydroxyl groups is 1. The Morgan fingerprint density at radius 3 is 2.73 bits per heavy atom. The van der Waals surface area contributed by atoms with Crippen LogP contribution in [0.25, 0.3) is 0 Å². The van der Waals surface area contributed by atoms with Gasteiger partial charge in [0.25, 0.3) is 0 Å². The van der Waals surface area contributed by atoms with Crippen molar-refractivity contribution in [2.24, 2.45) is 16.1 Å². The summed E-state index contributed by atoms with van der Waals surface area (Å²) in [6.45, 7) is 0.627. The number of nitrogens with zero attached hydrogens (tertiary/aromatic N) is 2. The summed E-state index contributed by atoms with van der Waals surface area (Å²) in [4.78, 5) is 8.52. The van der Waals surface area contributed by atoms with Gasteiger partial charge in [0.1, 0.15) is 5.82 Å². The van der Waals surface area contributed by atoms with Crippen molar-refractivity contribution in [1.29, 1.82) is 0 Å². The molecule has 22 heavy (non-hydrogen) atoms. The summed E-state index contributed by atoms with van der Waals surface area (Å²) in [6.07, 6.45) is 2.63. The lowest BCUT2D eigenvalue weighted by molar-refractivity contribution is 0.212. The molecule has 1 aromatic carbocycles. The number of aliphatic imine (C=N–C) groups is 1. The Bertz CT molecular complexity index is 644. The van der Waals surface area contributed by atoms with Crippen LogP contribution in [0.5, 0.6) is 0 Å². The normalized spacial score (nSPS) is 24.0. The maximum atomic E-state index is 9.75. The molecular formula is C17H20N4O. The van der Waals surface area contributed by atoms with Crippen LogP contribution in [0.1, 0.15) is 17.9 Å². The third kappa shape index (κ3) is 3.09. The molecule has 0 aliphatic heterocycles. The minimum atomic E-state index is -0.183. The number of guanidine groups is 1. The number of nitrogens with one attached hydrogen (secondary N) is 1. The highest BCUT2D eigenvalue weighted by Gasteiger charge is 2.54. The van der Waals surface area contributed by atoms with Gasteiger partial charge in [-0.1, -0.05) is 36.4 Å². The molecule has 3 rings (SSSR count). The second kappa shape index (κ2) is 6.15. The van der Waals surface area contributed by atoms with E-state index in [1.54, 1.807) is 6.20 Å². The topological polar surface area (TPSA) is 83.5 Å². The van der Waals surface area contributed by atoms with Crippen LogP contribution in [-0.2, 0) is 0 Å². The Kier molecular flexibility index (Phi) is 4.06. The predicted octanol–water partition coefficient (Wildman–Crippen LogP) is 1.97. The van der Waals surface area contributed by atoms with Crippen LogP contribution >= 0.6 is 0 Å². The van der Waals surface area contributed by atoms with E-state index in [0.717, 1.165) is 6.42 Å². The van der Waals surface area contributed by atoms with E-state index in [4.69, 9.17) is 5.73 Å². The maximum absolute atomic E-state index is 9.75. The minimum absolute atomic E-state index is 0.118. The van der Waals surface area contributed by atoms with Gasteiger partial charge >= 0.3 is 0 Å². The van der Waals surface area contributed by atoms with E-state index in [2.05, 4.69) is 27.4 Å². The van der Waals surface area contributed by atoms with Crippen LogP contribution < -0.4 is 11.1 Å². The molecule has 0 saturated heterocycles. The molecule has 2 atom stereocenters. The van der Waals surface area contributed by atoms with E-state index >= 15 is 0 Å². The van der Waals surface area contributed by atoms with Gasteiger partial charge in [-0.05, 0) is 30.0 Å². The fourth-order valence-corrected chi connectivity index (χ4v) is 2.75. The number of aromatic nitrogens is 1. The summed E-state index contributed by atoms with van der Waals surface area (Å²) in [5.74, 6) is 1.34. The van der Waals surface area contributed by atoms with E-state index in [1.807, 2.05) is 36.4 Å². The molecular weight excluding hydrogens is 276 g/mol. The number of hydrogen-bond donors (Lipinski definition) is 3. The van der Waals surface area contributed by atoms with Crippen molar-refractivity contribution < 1.29 is 5.11 Å². The van der Waals surface area contributed by atoms with Gasteiger partial charge in [-0.2, -0.15) is 0 Å². The number of rotatable bonds is 5. The van der Waals surface area contributed by atoms with Gasteiger partial charge < -0.3 is 16.2 Å². The molecule has 1 aliphatic carbocycles. The molecule has 2 aromatic rings. The van der Waals surface area contributed by atoms with Gasteiger partial charge in [0.05, 0.1) is 13.2 Å². The van der Waals surface area contributed by atoms with Crippen LogP contribution in [0.2, 0.25) is 0 Å². The summed E-state index contributed by atoms with van der Waals surface area (Å²) >= 11 is 0. The highest BCUT2D eigenvalue weighted by atomic mass is 16.3. The van der Waals surface area contributed by atoms with Crippen LogP contribution in [0.15, 0.2) is 59.7 Å². The van der Waals surface area contributed by atoms with Gasteiger partial charge in [0.15, 0.2) is 5.96 Å². The number of aliphatic hydroxyl groups excluding tert-OH is 1. The summed E-state index contributed by atoms with van der Waals surface area (Å²) in [6, 6.07) is 15.8. The number of hydrogen-bond acceptors (Lipinski definition) is 3. The zero-order valence-electron chi connectivity index (χ0n) is 12.3. The molecule has 1 aliphatic rings. The highest BCUT2D eigenvalue weighted by molar-refractivity contribution is 5.91. The first-order valence-corrected chi connectivity index (χ1v) is 7.37. The molecule has 0 radical (unpaired) electrons. The first-order chi connectivity index (χ1) is 10.7. The molecule has 0 spiro atoms. The van der Waals surface area contributed by atoms with Gasteiger partial charge in [0, 0.05) is 11.6 Å². The fourth-order valence-electron chi connectivity index (χ4n) is 2.75. The van der Waals surface area contributed by atoms with E-state index in [0.29, 0.717) is 24.2 Å². The van der Waals surface area contributed by atoms with Gasteiger partial charge in [-0.15, -0.1) is 0 Å². The monoisotopic (exact) mass is 296 g/mol. The van der Waals surface area contributed by atoms with Crippen molar-refractivity contribution in [3.63, 3.8) is 0 Å². The largest absolute Gasteiger partial charge is 0.396 e.